The number of benzene rings is 1. The number of hydrogen-bond donors (Lipinski definition) is 2. The van der Waals surface area contributed by atoms with Crippen molar-refractivity contribution in [1.29, 1.82) is 0 Å². The molecule has 132 valence electrons. The molecule has 0 spiro atoms. The van der Waals surface area contributed by atoms with Crippen LogP contribution in [0, 0.1) is 13.8 Å². The van der Waals surface area contributed by atoms with E-state index in [2.05, 4.69) is 20.2 Å². The summed E-state index contributed by atoms with van der Waals surface area (Å²) < 4.78 is 6.80. The quantitative estimate of drug-likeness (QED) is 0.582. The number of nitrogen functional groups attached to an aromatic ring is 1. The lowest BCUT2D eigenvalue weighted by Crippen LogP contribution is -2.23. The number of rotatable bonds is 3. The van der Waals surface area contributed by atoms with Gasteiger partial charge in [-0.15, -0.1) is 0 Å². The van der Waals surface area contributed by atoms with Gasteiger partial charge in [0.1, 0.15) is 17.1 Å². The summed E-state index contributed by atoms with van der Waals surface area (Å²) in [6.07, 6.45) is 1.58. The summed E-state index contributed by atoms with van der Waals surface area (Å²) in [6, 6.07) is 9.11. The first-order valence-corrected chi connectivity index (χ1v) is 8.11. The highest BCUT2D eigenvalue weighted by Gasteiger charge is 2.30. The van der Waals surface area contributed by atoms with E-state index in [0.29, 0.717) is 22.8 Å². The summed E-state index contributed by atoms with van der Waals surface area (Å²) in [7, 11) is 0. The molecule has 3 aromatic heterocycles. The largest absolute Gasteiger partial charge is 0.379 e. The van der Waals surface area contributed by atoms with Gasteiger partial charge < -0.3 is 15.4 Å². The SMILES string of the molecule is Cc1cc(C(C)(O)c2ccc3c(C)nn(-c4ccnc(N)n4)c3c2)no1. The minimum absolute atomic E-state index is 0.171. The molecule has 0 fully saturated rings. The summed E-state index contributed by atoms with van der Waals surface area (Å²) in [4.78, 5) is 8.16. The van der Waals surface area contributed by atoms with Gasteiger partial charge in [-0.3, -0.25) is 0 Å². The Morgan fingerprint density at radius 2 is 2.00 bits per heavy atom. The number of nitrogens with zero attached hydrogens (tertiary/aromatic N) is 5. The van der Waals surface area contributed by atoms with E-state index in [0.717, 1.165) is 16.6 Å². The van der Waals surface area contributed by atoms with Gasteiger partial charge >= 0.3 is 0 Å². The van der Waals surface area contributed by atoms with Gasteiger partial charge in [0.2, 0.25) is 5.95 Å². The monoisotopic (exact) mass is 350 g/mol. The molecule has 26 heavy (non-hydrogen) atoms. The molecule has 0 amide bonds. The summed E-state index contributed by atoms with van der Waals surface area (Å²) in [5.41, 5.74) is 7.16. The van der Waals surface area contributed by atoms with Crippen molar-refractivity contribution in [3.63, 3.8) is 0 Å². The van der Waals surface area contributed by atoms with E-state index in [4.69, 9.17) is 10.3 Å². The summed E-state index contributed by atoms with van der Waals surface area (Å²) in [5, 5.41) is 20.5. The van der Waals surface area contributed by atoms with Gasteiger partial charge in [0.15, 0.2) is 5.82 Å². The average Bonchev–Trinajstić information content (AvgIpc) is 3.19. The van der Waals surface area contributed by atoms with E-state index < -0.39 is 5.60 Å². The van der Waals surface area contributed by atoms with Gasteiger partial charge in [0, 0.05) is 23.7 Å². The fraction of sp³-hybridized carbons (Fsp3) is 0.222. The van der Waals surface area contributed by atoms with Crippen molar-refractivity contribution in [2.45, 2.75) is 26.4 Å². The zero-order chi connectivity index (χ0) is 18.5. The molecule has 0 bridgehead atoms. The molecular formula is C18H18N6O2. The van der Waals surface area contributed by atoms with Gasteiger partial charge in [0.25, 0.3) is 0 Å². The third-order valence-electron chi connectivity index (χ3n) is 4.43. The predicted molar refractivity (Wildman–Crippen MR) is 95.7 cm³/mol. The van der Waals surface area contributed by atoms with Crippen LogP contribution in [-0.4, -0.2) is 30.0 Å². The minimum atomic E-state index is -1.31. The Balaban J connectivity index is 1.90. The van der Waals surface area contributed by atoms with Crippen LogP contribution < -0.4 is 5.73 Å². The number of aryl methyl sites for hydroxylation is 2. The lowest BCUT2D eigenvalue weighted by atomic mass is 9.91. The maximum atomic E-state index is 11.0. The van der Waals surface area contributed by atoms with E-state index >= 15 is 0 Å². The standard InChI is InChI=1S/C18H18N6O2/c1-10-8-15(23-26-10)18(3,25)12-4-5-13-11(2)22-24(14(13)9-12)16-6-7-20-17(19)21-16/h4-9,25H,1-3H3,(H2,19,20,21). The van der Waals surface area contributed by atoms with Gasteiger partial charge in [0.05, 0.1) is 11.2 Å². The zero-order valence-corrected chi connectivity index (χ0v) is 14.6. The highest BCUT2D eigenvalue weighted by atomic mass is 16.5. The van der Waals surface area contributed by atoms with Crippen LogP contribution in [0.25, 0.3) is 16.7 Å². The number of fused-ring (bicyclic) bond motifs is 1. The van der Waals surface area contributed by atoms with Crippen LogP contribution in [0.5, 0.6) is 0 Å². The molecule has 0 aliphatic carbocycles. The number of nitrogens with two attached hydrogens (primary N) is 1. The Kier molecular flexibility index (Phi) is 3.52. The molecule has 0 radical (unpaired) electrons. The molecule has 0 saturated heterocycles. The van der Waals surface area contributed by atoms with Crippen molar-refractivity contribution < 1.29 is 9.63 Å². The molecule has 3 N–H and O–H groups in total. The second-order valence-electron chi connectivity index (χ2n) is 6.40. The second kappa shape index (κ2) is 5.63. The normalized spacial score (nSPS) is 13.8. The molecule has 0 saturated carbocycles. The van der Waals surface area contributed by atoms with E-state index in [1.54, 1.807) is 36.9 Å². The van der Waals surface area contributed by atoms with Crippen molar-refractivity contribution in [2.75, 3.05) is 5.73 Å². The fourth-order valence-electron chi connectivity index (χ4n) is 2.97. The van der Waals surface area contributed by atoms with Crippen LogP contribution in [0.4, 0.5) is 5.95 Å². The van der Waals surface area contributed by atoms with E-state index in [-0.39, 0.29) is 5.95 Å². The van der Waals surface area contributed by atoms with Crippen LogP contribution in [-0.2, 0) is 5.60 Å². The first-order chi connectivity index (χ1) is 12.4. The highest BCUT2D eigenvalue weighted by molar-refractivity contribution is 5.84. The summed E-state index contributed by atoms with van der Waals surface area (Å²) in [5.74, 6) is 1.37. The van der Waals surface area contributed by atoms with Gasteiger partial charge in [-0.05, 0) is 32.4 Å². The predicted octanol–water partition coefficient (Wildman–Crippen LogP) is 2.26. The van der Waals surface area contributed by atoms with Gasteiger partial charge in [-0.25, -0.2) is 9.67 Å². The van der Waals surface area contributed by atoms with Crippen LogP contribution in [0.3, 0.4) is 0 Å². The van der Waals surface area contributed by atoms with E-state index in [1.165, 1.54) is 0 Å². The summed E-state index contributed by atoms with van der Waals surface area (Å²) in [6.45, 7) is 5.39. The third-order valence-corrected chi connectivity index (χ3v) is 4.43. The molecule has 8 heteroatoms. The molecule has 0 aliphatic rings. The highest BCUT2D eigenvalue weighted by Crippen LogP contribution is 2.32. The number of aromatic nitrogens is 5. The van der Waals surface area contributed by atoms with Gasteiger partial charge in [-0.1, -0.05) is 17.3 Å². The topological polar surface area (TPSA) is 116 Å². The number of aliphatic hydroxyl groups is 1. The first kappa shape index (κ1) is 16.2. The Labute approximate surface area is 149 Å². The molecule has 8 nitrogen and oxygen atoms in total. The second-order valence-corrected chi connectivity index (χ2v) is 6.40. The number of anilines is 1. The Morgan fingerprint density at radius 1 is 1.19 bits per heavy atom. The molecule has 3 heterocycles. The zero-order valence-electron chi connectivity index (χ0n) is 14.6. The third kappa shape index (κ3) is 2.51. The van der Waals surface area contributed by atoms with Crippen LogP contribution >= 0.6 is 0 Å². The molecular weight excluding hydrogens is 332 g/mol. The Hall–Kier alpha value is -3.26. The van der Waals surface area contributed by atoms with E-state index in [9.17, 15) is 5.11 Å². The van der Waals surface area contributed by atoms with Gasteiger partial charge in [-0.2, -0.15) is 10.1 Å². The Bertz CT molecular complexity index is 1110. The maximum absolute atomic E-state index is 11.0. The van der Waals surface area contributed by atoms with Crippen LogP contribution in [0.1, 0.15) is 29.6 Å². The van der Waals surface area contributed by atoms with Crippen molar-refractivity contribution in [3.05, 3.63) is 59.2 Å². The van der Waals surface area contributed by atoms with Crippen molar-refractivity contribution in [2.24, 2.45) is 0 Å². The van der Waals surface area contributed by atoms with E-state index in [1.807, 2.05) is 25.1 Å². The molecule has 4 aromatic rings. The average molecular weight is 350 g/mol. The Morgan fingerprint density at radius 3 is 2.69 bits per heavy atom. The molecule has 1 atom stereocenters. The first-order valence-electron chi connectivity index (χ1n) is 8.11. The van der Waals surface area contributed by atoms with Crippen molar-refractivity contribution in [3.8, 4) is 5.82 Å². The molecule has 1 unspecified atom stereocenters. The fourth-order valence-corrected chi connectivity index (χ4v) is 2.97. The minimum Gasteiger partial charge on any atom is -0.379 e. The van der Waals surface area contributed by atoms with Crippen LogP contribution in [0.2, 0.25) is 0 Å². The lowest BCUT2D eigenvalue weighted by molar-refractivity contribution is 0.0933. The molecule has 1 aromatic carbocycles. The van der Waals surface area contributed by atoms with Crippen molar-refractivity contribution in [1.82, 2.24) is 24.9 Å². The van der Waals surface area contributed by atoms with Crippen molar-refractivity contribution >= 4 is 16.9 Å². The summed E-state index contributed by atoms with van der Waals surface area (Å²) >= 11 is 0. The molecule has 0 aliphatic heterocycles. The number of hydrogen-bond acceptors (Lipinski definition) is 7. The lowest BCUT2D eigenvalue weighted by Gasteiger charge is -2.21. The molecule has 4 rings (SSSR count). The smallest absolute Gasteiger partial charge is 0.221 e. The van der Waals surface area contributed by atoms with Crippen LogP contribution in [0.15, 0.2) is 41.1 Å². The maximum Gasteiger partial charge on any atom is 0.221 e.